The lowest BCUT2D eigenvalue weighted by Gasteiger charge is -2.11. The Morgan fingerprint density at radius 2 is 1.67 bits per heavy atom. The summed E-state index contributed by atoms with van der Waals surface area (Å²) < 4.78 is 26.1. The first-order chi connectivity index (χ1) is 14.5. The fourth-order valence-corrected chi connectivity index (χ4v) is 4.94. The maximum absolute atomic E-state index is 13.0. The fraction of sp³-hybridized carbons (Fsp3) is 0.0435. The van der Waals surface area contributed by atoms with Crippen LogP contribution in [0.1, 0.15) is 16.7 Å². The molecule has 0 fully saturated rings. The van der Waals surface area contributed by atoms with E-state index in [1.165, 1.54) is 12.1 Å². The number of nitrogens with zero attached hydrogens (tertiary/aromatic N) is 1. The first kappa shape index (κ1) is 21.0. The number of aliphatic imine (C=N–C) groups is 1. The highest BCUT2D eigenvalue weighted by atomic mass is 127. The third-order valence-electron chi connectivity index (χ3n) is 4.26. The molecule has 3 aromatic rings. The van der Waals surface area contributed by atoms with Crippen LogP contribution in [0.5, 0.6) is 5.75 Å². The molecule has 1 aliphatic heterocycles. The lowest BCUT2D eigenvalue weighted by atomic mass is 10.2. The standard InChI is InChI=1S/C23H14FI2NO3/c24-17-8-6-14(7-9-17)13-29-21-18(25)10-15(11-19(21)26)12-20-23(28)30-22(27-20)16-4-2-1-3-5-16/h1-12H,13H2/b20-12-. The predicted molar refractivity (Wildman–Crippen MR) is 130 cm³/mol. The lowest BCUT2D eigenvalue weighted by Crippen LogP contribution is -2.05. The number of hydrogen-bond donors (Lipinski definition) is 0. The van der Waals surface area contributed by atoms with Gasteiger partial charge in [-0.05, 0) is 98.8 Å². The molecule has 0 aliphatic carbocycles. The number of esters is 1. The molecule has 1 heterocycles. The number of carbonyl (C=O) groups is 1. The van der Waals surface area contributed by atoms with Gasteiger partial charge in [0.15, 0.2) is 5.70 Å². The van der Waals surface area contributed by atoms with Crippen molar-refractivity contribution >= 4 is 63.1 Å². The third-order valence-corrected chi connectivity index (χ3v) is 5.86. The van der Waals surface area contributed by atoms with Crippen LogP contribution in [0.4, 0.5) is 4.39 Å². The highest BCUT2D eigenvalue weighted by Gasteiger charge is 2.24. The molecule has 1 aliphatic rings. The average molecular weight is 625 g/mol. The maximum Gasteiger partial charge on any atom is 0.363 e. The molecule has 0 unspecified atom stereocenters. The summed E-state index contributed by atoms with van der Waals surface area (Å²) in [4.78, 5) is 16.6. The molecule has 30 heavy (non-hydrogen) atoms. The van der Waals surface area contributed by atoms with Gasteiger partial charge in [0.1, 0.15) is 18.2 Å². The third kappa shape index (κ3) is 4.89. The molecule has 0 bridgehead atoms. The fourth-order valence-electron chi connectivity index (χ4n) is 2.81. The molecule has 0 saturated carbocycles. The van der Waals surface area contributed by atoms with Gasteiger partial charge in [0.25, 0.3) is 0 Å². The van der Waals surface area contributed by atoms with E-state index < -0.39 is 5.97 Å². The van der Waals surface area contributed by atoms with Crippen LogP contribution in [0, 0.1) is 13.0 Å². The summed E-state index contributed by atoms with van der Waals surface area (Å²) in [6.07, 6.45) is 1.70. The van der Waals surface area contributed by atoms with Gasteiger partial charge in [-0.15, -0.1) is 0 Å². The van der Waals surface area contributed by atoms with E-state index in [0.29, 0.717) is 12.5 Å². The molecule has 4 nitrogen and oxygen atoms in total. The van der Waals surface area contributed by atoms with Crippen molar-refractivity contribution in [3.63, 3.8) is 0 Å². The van der Waals surface area contributed by atoms with Crippen molar-refractivity contribution in [1.82, 2.24) is 0 Å². The van der Waals surface area contributed by atoms with E-state index in [1.54, 1.807) is 18.2 Å². The summed E-state index contributed by atoms with van der Waals surface area (Å²) in [5.41, 5.74) is 2.71. The Bertz CT molecular complexity index is 1140. The summed E-state index contributed by atoms with van der Waals surface area (Å²) in [6.45, 7) is 0.337. The van der Waals surface area contributed by atoms with Crippen molar-refractivity contribution in [3.8, 4) is 5.75 Å². The van der Waals surface area contributed by atoms with E-state index in [2.05, 4.69) is 50.2 Å². The van der Waals surface area contributed by atoms with Crippen molar-refractivity contribution in [2.75, 3.05) is 0 Å². The quantitative estimate of drug-likeness (QED) is 0.200. The Morgan fingerprint density at radius 3 is 2.33 bits per heavy atom. The van der Waals surface area contributed by atoms with Crippen LogP contribution >= 0.6 is 45.2 Å². The van der Waals surface area contributed by atoms with E-state index in [0.717, 1.165) is 29.6 Å². The number of carbonyl (C=O) groups excluding carboxylic acids is 1. The Morgan fingerprint density at radius 1 is 1.00 bits per heavy atom. The molecule has 150 valence electrons. The molecule has 0 spiro atoms. The minimum Gasteiger partial charge on any atom is -0.487 e. The molecular weight excluding hydrogens is 611 g/mol. The minimum absolute atomic E-state index is 0.250. The molecule has 0 N–H and O–H groups in total. The van der Waals surface area contributed by atoms with Crippen LogP contribution in [0.3, 0.4) is 0 Å². The van der Waals surface area contributed by atoms with Crippen LogP contribution < -0.4 is 4.74 Å². The number of rotatable bonds is 5. The molecule has 0 saturated heterocycles. The first-order valence-electron chi connectivity index (χ1n) is 8.94. The van der Waals surface area contributed by atoms with Crippen LogP contribution in [-0.4, -0.2) is 11.9 Å². The summed E-state index contributed by atoms with van der Waals surface area (Å²) in [7, 11) is 0. The van der Waals surface area contributed by atoms with Gasteiger partial charge in [-0.1, -0.05) is 30.3 Å². The van der Waals surface area contributed by atoms with Gasteiger partial charge in [0.2, 0.25) is 5.90 Å². The summed E-state index contributed by atoms with van der Waals surface area (Å²) in [6, 6.07) is 19.3. The van der Waals surface area contributed by atoms with E-state index in [4.69, 9.17) is 9.47 Å². The molecule has 0 aromatic heterocycles. The second kappa shape index (κ2) is 9.25. The largest absolute Gasteiger partial charge is 0.487 e. The highest BCUT2D eigenvalue weighted by molar-refractivity contribution is 14.1. The van der Waals surface area contributed by atoms with E-state index in [1.807, 2.05) is 42.5 Å². The van der Waals surface area contributed by atoms with Gasteiger partial charge in [0, 0.05) is 5.56 Å². The molecule has 7 heteroatoms. The lowest BCUT2D eigenvalue weighted by molar-refractivity contribution is -0.129. The Kier molecular flexibility index (Phi) is 6.47. The van der Waals surface area contributed by atoms with Crippen LogP contribution in [0.25, 0.3) is 6.08 Å². The SMILES string of the molecule is O=C1OC(c2ccccc2)=N/C1=C\c1cc(I)c(OCc2ccc(F)cc2)c(I)c1. The predicted octanol–water partition coefficient (Wildman–Crippen LogP) is 5.96. The molecule has 0 radical (unpaired) electrons. The number of benzene rings is 3. The minimum atomic E-state index is -0.476. The molecular formula is C23H14FI2NO3. The summed E-state index contributed by atoms with van der Waals surface area (Å²) >= 11 is 4.39. The Labute approximate surface area is 200 Å². The molecule has 0 atom stereocenters. The van der Waals surface area contributed by atoms with Crippen LogP contribution in [0.2, 0.25) is 0 Å². The van der Waals surface area contributed by atoms with Gasteiger partial charge in [0.05, 0.1) is 7.14 Å². The van der Waals surface area contributed by atoms with Crippen molar-refractivity contribution in [2.45, 2.75) is 6.61 Å². The molecule has 0 amide bonds. The second-order valence-corrected chi connectivity index (χ2v) is 8.76. The van der Waals surface area contributed by atoms with Crippen molar-refractivity contribution < 1.29 is 18.7 Å². The number of ether oxygens (including phenoxy) is 2. The molecule has 3 aromatic carbocycles. The summed E-state index contributed by atoms with van der Waals surface area (Å²) in [5, 5.41) is 0. The van der Waals surface area contributed by atoms with Gasteiger partial charge in [-0.25, -0.2) is 14.2 Å². The van der Waals surface area contributed by atoms with E-state index >= 15 is 0 Å². The van der Waals surface area contributed by atoms with Crippen LogP contribution in [-0.2, 0) is 16.1 Å². The van der Waals surface area contributed by atoms with Crippen molar-refractivity contribution in [2.24, 2.45) is 4.99 Å². The monoisotopic (exact) mass is 625 g/mol. The van der Waals surface area contributed by atoms with Gasteiger partial charge >= 0.3 is 5.97 Å². The van der Waals surface area contributed by atoms with Crippen molar-refractivity contribution in [1.29, 1.82) is 0 Å². The second-order valence-electron chi connectivity index (χ2n) is 6.43. The van der Waals surface area contributed by atoms with Gasteiger partial charge < -0.3 is 9.47 Å². The number of cyclic esters (lactones) is 1. The molecule has 4 rings (SSSR count). The zero-order chi connectivity index (χ0) is 21.1. The van der Waals surface area contributed by atoms with E-state index in [-0.39, 0.29) is 11.5 Å². The van der Waals surface area contributed by atoms with Crippen LogP contribution in [0.15, 0.2) is 77.4 Å². The Balaban J connectivity index is 1.55. The normalized spacial score (nSPS) is 14.6. The number of halogens is 3. The zero-order valence-electron chi connectivity index (χ0n) is 15.4. The summed E-state index contributed by atoms with van der Waals surface area (Å²) in [5.74, 6) is 0.292. The maximum atomic E-state index is 13.0. The first-order valence-corrected chi connectivity index (χ1v) is 11.1. The van der Waals surface area contributed by atoms with Crippen molar-refractivity contribution in [3.05, 3.63) is 102 Å². The van der Waals surface area contributed by atoms with E-state index in [9.17, 15) is 9.18 Å². The van der Waals surface area contributed by atoms with Gasteiger partial charge in [-0.2, -0.15) is 0 Å². The average Bonchev–Trinajstić information content (AvgIpc) is 3.10. The highest BCUT2D eigenvalue weighted by Crippen LogP contribution is 2.31. The topological polar surface area (TPSA) is 47.9 Å². The van der Waals surface area contributed by atoms with Gasteiger partial charge in [-0.3, -0.25) is 0 Å². The Hall–Kier alpha value is -2.27. The zero-order valence-corrected chi connectivity index (χ0v) is 19.8. The smallest absolute Gasteiger partial charge is 0.363 e. The number of hydrogen-bond acceptors (Lipinski definition) is 4.